The number of hydrogen-bond donors (Lipinski definition) is 2. The molecule has 0 spiro atoms. The minimum absolute atomic E-state index is 0.0124. The van der Waals surface area contributed by atoms with Crippen molar-refractivity contribution in [3.05, 3.63) is 0 Å². The van der Waals surface area contributed by atoms with Gasteiger partial charge in [-0.05, 0) is 18.3 Å². The molecule has 2 N–H and O–H groups in total. The maximum absolute atomic E-state index is 11.4. The predicted octanol–water partition coefficient (Wildman–Crippen LogP) is 0.0728. The summed E-state index contributed by atoms with van der Waals surface area (Å²) in [7, 11) is 0. The van der Waals surface area contributed by atoms with E-state index in [2.05, 4.69) is 24.1 Å². The van der Waals surface area contributed by atoms with Crippen LogP contribution in [0.5, 0.6) is 0 Å². The fraction of sp³-hybridized carbons (Fsp3) is 0.909. The maximum Gasteiger partial charge on any atom is 0.234 e. The molecule has 2 unspecified atom stereocenters. The Labute approximate surface area is 91.6 Å². The fourth-order valence-corrected chi connectivity index (χ4v) is 2.38. The lowest BCUT2D eigenvalue weighted by molar-refractivity contribution is -0.123. The first-order valence-electron chi connectivity index (χ1n) is 5.71. The lowest BCUT2D eigenvalue weighted by Gasteiger charge is -2.34. The van der Waals surface area contributed by atoms with Crippen molar-refractivity contribution < 1.29 is 9.90 Å². The molecule has 1 amide bonds. The number of aliphatic hydroxyl groups is 1. The van der Waals surface area contributed by atoms with E-state index in [1.807, 2.05) is 0 Å². The molecule has 0 aromatic rings. The molecule has 1 heterocycles. The molecule has 0 aromatic carbocycles. The van der Waals surface area contributed by atoms with Crippen LogP contribution >= 0.6 is 0 Å². The normalized spacial score (nSPS) is 27.7. The number of likely N-dealkylation sites (tertiary alicyclic amines) is 1. The summed E-state index contributed by atoms with van der Waals surface area (Å²) in [6, 6.07) is 0. The molecule has 0 radical (unpaired) electrons. The Morgan fingerprint density at radius 3 is 2.53 bits per heavy atom. The van der Waals surface area contributed by atoms with E-state index in [1.165, 1.54) is 6.42 Å². The molecule has 0 aromatic heterocycles. The number of nitrogens with zero attached hydrogens (tertiary/aromatic N) is 1. The topological polar surface area (TPSA) is 52.6 Å². The molecule has 4 nitrogen and oxygen atoms in total. The fourth-order valence-electron chi connectivity index (χ4n) is 2.38. The third-order valence-corrected chi connectivity index (χ3v) is 2.75. The summed E-state index contributed by atoms with van der Waals surface area (Å²) < 4.78 is 0. The summed E-state index contributed by atoms with van der Waals surface area (Å²) >= 11 is 0. The van der Waals surface area contributed by atoms with E-state index in [1.54, 1.807) is 0 Å². The Hall–Kier alpha value is -0.610. The van der Waals surface area contributed by atoms with Crippen LogP contribution in [-0.4, -0.2) is 48.7 Å². The van der Waals surface area contributed by atoms with Gasteiger partial charge in [0.15, 0.2) is 0 Å². The Kier molecular flexibility index (Phi) is 5.05. The molecule has 1 aliphatic rings. The second-order valence-corrected chi connectivity index (χ2v) is 4.71. The molecule has 15 heavy (non-hydrogen) atoms. The Balaban J connectivity index is 2.27. The molecule has 1 saturated heterocycles. The second-order valence-electron chi connectivity index (χ2n) is 4.71. The van der Waals surface area contributed by atoms with Crippen LogP contribution in [0.4, 0.5) is 0 Å². The van der Waals surface area contributed by atoms with E-state index >= 15 is 0 Å². The number of carbonyl (C=O) groups excluding carboxylic acids is 1. The average Bonchev–Trinajstić information content (AvgIpc) is 2.13. The molecule has 1 rings (SSSR count). The van der Waals surface area contributed by atoms with Crippen molar-refractivity contribution in [1.82, 2.24) is 10.2 Å². The van der Waals surface area contributed by atoms with Gasteiger partial charge in [-0.2, -0.15) is 0 Å². The van der Waals surface area contributed by atoms with Gasteiger partial charge in [0, 0.05) is 19.6 Å². The highest BCUT2D eigenvalue weighted by molar-refractivity contribution is 5.77. The van der Waals surface area contributed by atoms with E-state index in [0.717, 1.165) is 13.1 Å². The lowest BCUT2D eigenvalue weighted by atomic mass is 9.92. The third kappa shape index (κ3) is 4.62. The summed E-state index contributed by atoms with van der Waals surface area (Å²) in [6.45, 7) is 7.32. The number of rotatable bonds is 4. The van der Waals surface area contributed by atoms with Crippen LogP contribution in [0.2, 0.25) is 0 Å². The zero-order valence-electron chi connectivity index (χ0n) is 9.70. The van der Waals surface area contributed by atoms with E-state index in [4.69, 9.17) is 5.11 Å². The first kappa shape index (κ1) is 12.5. The molecule has 4 heteroatoms. The molecule has 2 atom stereocenters. The summed E-state index contributed by atoms with van der Waals surface area (Å²) in [4.78, 5) is 13.6. The van der Waals surface area contributed by atoms with Crippen molar-refractivity contribution in [2.75, 3.05) is 32.8 Å². The summed E-state index contributed by atoms with van der Waals surface area (Å²) in [6.07, 6.45) is 1.26. The van der Waals surface area contributed by atoms with Crippen LogP contribution < -0.4 is 5.32 Å². The highest BCUT2D eigenvalue weighted by atomic mass is 16.3. The van der Waals surface area contributed by atoms with Crippen LogP contribution in [0.1, 0.15) is 20.3 Å². The van der Waals surface area contributed by atoms with E-state index < -0.39 is 0 Å². The Morgan fingerprint density at radius 2 is 2.00 bits per heavy atom. The van der Waals surface area contributed by atoms with Crippen molar-refractivity contribution in [2.45, 2.75) is 20.3 Å². The van der Waals surface area contributed by atoms with Gasteiger partial charge >= 0.3 is 0 Å². The van der Waals surface area contributed by atoms with Gasteiger partial charge in [0.1, 0.15) is 0 Å². The Morgan fingerprint density at radius 1 is 1.40 bits per heavy atom. The Bertz CT molecular complexity index is 199. The van der Waals surface area contributed by atoms with Crippen molar-refractivity contribution in [3.8, 4) is 0 Å². The van der Waals surface area contributed by atoms with Crippen molar-refractivity contribution in [2.24, 2.45) is 11.8 Å². The van der Waals surface area contributed by atoms with Gasteiger partial charge in [0.05, 0.1) is 13.2 Å². The predicted molar refractivity (Wildman–Crippen MR) is 59.5 cm³/mol. The third-order valence-electron chi connectivity index (χ3n) is 2.75. The van der Waals surface area contributed by atoms with Crippen molar-refractivity contribution >= 4 is 5.91 Å². The van der Waals surface area contributed by atoms with Crippen LogP contribution in [0.15, 0.2) is 0 Å². The maximum atomic E-state index is 11.4. The van der Waals surface area contributed by atoms with Crippen molar-refractivity contribution in [1.29, 1.82) is 0 Å². The highest BCUT2D eigenvalue weighted by Gasteiger charge is 2.22. The molecule has 1 fully saturated rings. The van der Waals surface area contributed by atoms with Gasteiger partial charge in [-0.1, -0.05) is 13.8 Å². The molecule has 0 saturated carbocycles. The van der Waals surface area contributed by atoms with Crippen LogP contribution in [0.25, 0.3) is 0 Å². The molecule has 0 bridgehead atoms. The minimum Gasteiger partial charge on any atom is -0.395 e. The largest absolute Gasteiger partial charge is 0.395 e. The zero-order valence-corrected chi connectivity index (χ0v) is 9.70. The number of aliphatic hydroxyl groups excluding tert-OH is 1. The lowest BCUT2D eigenvalue weighted by Crippen LogP contribution is -2.44. The number of nitrogens with one attached hydrogen (secondary N) is 1. The average molecular weight is 214 g/mol. The molecular formula is C11H22N2O2. The summed E-state index contributed by atoms with van der Waals surface area (Å²) in [5, 5.41) is 11.3. The number of carbonyl (C=O) groups is 1. The smallest absolute Gasteiger partial charge is 0.234 e. The van der Waals surface area contributed by atoms with E-state index in [-0.39, 0.29) is 12.5 Å². The van der Waals surface area contributed by atoms with Crippen LogP contribution in [0, 0.1) is 11.8 Å². The summed E-state index contributed by atoms with van der Waals surface area (Å²) in [5.41, 5.74) is 0. The van der Waals surface area contributed by atoms with Crippen LogP contribution in [0.3, 0.4) is 0 Å². The molecule has 1 aliphatic heterocycles. The van der Waals surface area contributed by atoms with Crippen molar-refractivity contribution in [3.63, 3.8) is 0 Å². The molecular weight excluding hydrogens is 192 g/mol. The molecule has 88 valence electrons. The van der Waals surface area contributed by atoms with E-state index in [0.29, 0.717) is 24.9 Å². The first-order valence-corrected chi connectivity index (χ1v) is 5.71. The second kappa shape index (κ2) is 6.08. The van der Waals surface area contributed by atoms with Gasteiger partial charge < -0.3 is 10.4 Å². The van der Waals surface area contributed by atoms with E-state index in [9.17, 15) is 4.79 Å². The molecule has 0 aliphatic carbocycles. The monoisotopic (exact) mass is 214 g/mol. The highest BCUT2D eigenvalue weighted by Crippen LogP contribution is 2.20. The first-order chi connectivity index (χ1) is 7.11. The zero-order chi connectivity index (χ0) is 11.3. The summed E-state index contributed by atoms with van der Waals surface area (Å²) in [5.74, 6) is 1.38. The number of amides is 1. The van der Waals surface area contributed by atoms with Gasteiger partial charge in [0.2, 0.25) is 5.91 Å². The number of piperidine rings is 1. The standard InChI is InChI=1S/C11H22N2O2/c1-9-5-10(2)7-13(6-9)8-11(15)12-3-4-14/h9-10,14H,3-8H2,1-2H3,(H,12,15). The quantitative estimate of drug-likeness (QED) is 0.696. The van der Waals surface area contributed by atoms with Crippen LogP contribution in [-0.2, 0) is 4.79 Å². The van der Waals surface area contributed by atoms with Gasteiger partial charge in [-0.3, -0.25) is 9.69 Å². The number of hydrogen-bond acceptors (Lipinski definition) is 3. The van der Waals surface area contributed by atoms with Gasteiger partial charge in [-0.25, -0.2) is 0 Å². The van der Waals surface area contributed by atoms with Gasteiger partial charge in [-0.15, -0.1) is 0 Å². The SMILES string of the molecule is CC1CC(C)CN(CC(=O)NCCO)C1. The van der Waals surface area contributed by atoms with Gasteiger partial charge in [0.25, 0.3) is 0 Å². The minimum atomic E-state index is 0.0124.